The number of carbonyl (C=O) groups excluding carboxylic acids is 2. The molecule has 4 rings (SSSR count). The lowest BCUT2D eigenvalue weighted by molar-refractivity contribution is -0.385. The van der Waals surface area contributed by atoms with Crippen LogP contribution in [-0.4, -0.2) is 21.7 Å². The van der Waals surface area contributed by atoms with Crippen molar-refractivity contribution in [2.24, 2.45) is 0 Å². The lowest BCUT2D eigenvalue weighted by Crippen LogP contribution is -2.12. The molecule has 2 amide bonds. The summed E-state index contributed by atoms with van der Waals surface area (Å²) in [5, 5.41) is 27.5. The second kappa shape index (κ2) is 11.8. The predicted octanol–water partition coefficient (Wildman–Crippen LogP) is 7.32. The second-order valence-electron chi connectivity index (χ2n) is 7.91. The Bertz CT molecular complexity index is 1470. The summed E-state index contributed by atoms with van der Waals surface area (Å²) < 4.78 is 6.34. The van der Waals surface area contributed by atoms with E-state index in [9.17, 15) is 29.8 Å². The Morgan fingerprint density at radius 2 is 0.974 bits per heavy atom. The van der Waals surface area contributed by atoms with Gasteiger partial charge in [-0.1, -0.05) is 0 Å². The van der Waals surface area contributed by atoms with Gasteiger partial charge >= 0.3 is 0 Å². The summed E-state index contributed by atoms with van der Waals surface area (Å²) in [6.45, 7) is 0. The maximum Gasteiger partial charge on any atom is 0.284 e. The van der Waals surface area contributed by atoms with Gasteiger partial charge in [-0.2, -0.15) is 0 Å². The molecular formula is C26H16Br2N4O7. The van der Waals surface area contributed by atoms with Crippen molar-refractivity contribution in [3.8, 4) is 11.5 Å². The van der Waals surface area contributed by atoms with Crippen LogP contribution < -0.4 is 15.4 Å². The van der Waals surface area contributed by atoms with Crippen LogP contribution in [0.4, 0.5) is 22.7 Å². The third kappa shape index (κ3) is 6.83. The molecule has 4 aromatic carbocycles. The zero-order valence-electron chi connectivity index (χ0n) is 19.6. The lowest BCUT2D eigenvalue weighted by Gasteiger charge is -2.10. The summed E-state index contributed by atoms with van der Waals surface area (Å²) in [6, 6.07) is 21.2. The highest BCUT2D eigenvalue weighted by Gasteiger charge is 2.17. The van der Waals surface area contributed by atoms with Crippen LogP contribution in [0.2, 0.25) is 0 Å². The minimum absolute atomic E-state index is 0.135. The van der Waals surface area contributed by atoms with Crippen molar-refractivity contribution in [2.45, 2.75) is 0 Å². The molecule has 0 radical (unpaired) electrons. The minimum Gasteiger partial charge on any atom is -0.457 e. The third-order valence-corrected chi connectivity index (χ3v) is 6.61. The zero-order valence-corrected chi connectivity index (χ0v) is 22.8. The summed E-state index contributed by atoms with van der Waals surface area (Å²) in [5.74, 6) is -0.0539. The summed E-state index contributed by atoms with van der Waals surface area (Å²) in [7, 11) is 0. The second-order valence-corrected chi connectivity index (χ2v) is 9.61. The average Bonchev–Trinajstić information content (AvgIpc) is 2.91. The first-order valence-electron chi connectivity index (χ1n) is 11.0. The van der Waals surface area contributed by atoms with Crippen molar-refractivity contribution in [3.63, 3.8) is 0 Å². The Morgan fingerprint density at radius 3 is 1.31 bits per heavy atom. The molecule has 0 aliphatic carbocycles. The van der Waals surface area contributed by atoms with Crippen LogP contribution >= 0.6 is 31.9 Å². The number of nitrogens with zero attached hydrogens (tertiary/aromatic N) is 2. The number of hydrogen-bond donors (Lipinski definition) is 2. The molecule has 11 nitrogen and oxygen atoms in total. The fourth-order valence-electron chi connectivity index (χ4n) is 3.34. The summed E-state index contributed by atoms with van der Waals surface area (Å²) in [4.78, 5) is 46.0. The number of amides is 2. The normalized spacial score (nSPS) is 10.4. The number of ether oxygens (including phenoxy) is 1. The van der Waals surface area contributed by atoms with E-state index in [-0.39, 0.29) is 31.4 Å². The van der Waals surface area contributed by atoms with Gasteiger partial charge in [0.05, 0.1) is 18.8 Å². The minimum atomic E-state index is -0.579. The van der Waals surface area contributed by atoms with Crippen LogP contribution in [0, 0.1) is 20.2 Å². The highest BCUT2D eigenvalue weighted by molar-refractivity contribution is 9.11. The number of anilines is 2. The number of rotatable bonds is 8. The molecule has 2 N–H and O–H groups in total. The smallest absolute Gasteiger partial charge is 0.284 e. The molecular weight excluding hydrogens is 640 g/mol. The molecule has 0 bridgehead atoms. The van der Waals surface area contributed by atoms with E-state index in [1.54, 1.807) is 48.5 Å². The van der Waals surface area contributed by atoms with E-state index >= 15 is 0 Å². The van der Waals surface area contributed by atoms with E-state index in [4.69, 9.17) is 4.74 Å². The Labute approximate surface area is 237 Å². The van der Waals surface area contributed by atoms with Gasteiger partial charge < -0.3 is 15.4 Å². The molecule has 39 heavy (non-hydrogen) atoms. The van der Waals surface area contributed by atoms with Gasteiger partial charge in [-0.3, -0.25) is 29.8 Å². The number of nitrogens with one attached hydrogen (secondary N) is 2. The lowest BCUT2D eigenvalue weighted by atomic mass is 10.2. The van der Waals surface area contributed by atoms with Crippen molar-refractivity contribution in [1.82, 2.24) is 0 Å². The van der Waals surface area contributed by atoms with Crippen LogP contribution in [0.15, 0.2) is 93.9 Å². The van der Waals surface area contributed by atoms with Gasteiger partial charge in [0.25, 0.3) is 23.2 Å². The van der Waals surface area contributed by atoms with Crippen molar-refractivity contribution in [1.29, 1.82) is 0 Å². The highest BCUT2D eigenvalue weighted by atomic mass is 79.9. The summed E-state index contributed by atoms with van der Waals surface area (Å²) in [6.07, 6.45) is 0. The van der Waals surface area contributed by atoms with Gasteiger partial charge in [0.15, 0.2) is 0 Å². The largest absolute Gasteiger partial charge is 0.457 e. The molecule has 0 atom stereocenters. The number of benzene rings is 4. The van der Waals surface area contributed by atoms with Gasteiger partial charge in [-0.15, -0.1) is 0 Å². The van der Waals surface area contributed by atoms with Crippen LogP contribution in [0.3, 0.4) is 0 Å². The quantitative estimate of drug-likeness (QED) is 0.149. The van der Waals surface area contributed by atoms with Crippen molar-refractivity contribution >= 4 is 66.4 Å². The van der Waals surface area contributed by atoms with Crippen LogP contribution in [-0.2, 0) is 0 Å². The number of halogens is 2. The molecule has 0 unspecified atom stereocenters. The first kappa shape index (κ1) is 27.4. The van der Waals surface area contributed by atoms with E-state index in [1.807, 2.05) is 0 Å². The maximum absolute atomic E-state index is 12.5. The van der Waals surface area contributed by atoms with E-state index in [1.165, 1.54) is 36.4 Å². The van der Waals surface area contributed by atoms with Crippen molar-refractivity contribution in [3.05, 3.63) is 125 Å². The van der Waals surface area contributed by atoms with Crippen LogP contribution in [0.5, 0.6) is 11.5 Å². The first-order chi connectivity index (χ1) is 18.6. The molecule has 0 aliphatic heterocycles. The Morgan fingerprint density at radius 1 is 0.615 bits per heavy atom. The monoisotopic (exact) mass is 654 g/mol. The molecule has 0 aliphatic rings. The molecule has 0 saturated heterocycles. The fraction of sp³-hybridized carbons (Fsp3) is 0. The van der Waals surface area contributed by atoms with Gasteiger partial charge in [-0.25, -0.2) is 0 Å². The van der Waals surface area contributed by atoms with Crippen LogP contribution in [0.1, 0.15) is 20.7 Å². The van der Waals surface area contributed by atoms with Crippen molar-refractivity contribution in [2.75, 3.05) is 10.6 Å². The predicted molar refractivity (Wildman–Crippen MR) is 150 cm³/mol. The number of nitro groups is 2. The zero-order chi connectivity index (χ0) is 28.1. The standard InChI is InChI=1S/C26H16Br2N4O7/c27-21-11-1-15(13-23(21)31(35)36)25(33)29-17-3-7-19(8-4-17)39-20-9-5-18(6-10-20)30-26(34)16-2-12-22(28)24(14-16)32(37)38/h1-14H,(H,29,33)(H,30,34). The molecule has 0 saturated carbocycles. The van der Waals surface area contributed by atoms with E-state index in [2.05, 4.69) is 42.5 Å². The molecule has 0 heterocycles. The van der Waals surface area contributed by atoms with E-state index < -0.39 is 21.7 Å². The first-order valence-corrected chi connectivity index (χ1v) is 12.6. The molecule has 196 valence electrons. The maximum atomic E-state index is 12.5. The Hall–Kier alpha value is -4.62. The summed E-state index contributed by atoms with van der Waals surface area (Å²) >= 11 is 6.17. The Balaban J connectivity index is 1.36. The Kier molecular flexibility index (Phi) is 8.32. The highest BCUT2D eigenvalue weighted by Crippen LogP contribution is 2.28. The molecule has 0 aromatic heterocycles. The molecule has 0 fully saturated rings. The van der Waals surface area contributed by atoms with Gasteiger partial charge in [-0.05, 0) is 105 Å². The molecule has 4 aromatic rings. The number of nitro benzene ring substituents is 2. The number of carbonyl (C=O) groups is 2. The molecule has 13 heteroatoms. The molecule has 0 spiro atoms. The SMILES string of the molecule is O=C(Nc1ccc(Oc2ccc(NC(=O)c3ccc(Br)c([N+](=O)[O-])c3)cc2)cc1)c1ccc(Br)c([N+](=O)[O-])c1. The number of hydrogen-bond acceptors (Lipinski definition) is 7. The average molecular weight is 656 g/mol. The summed E-state index contributed by atoms with van der Waals surface area (Å²) in [5.41, 5.74) is 0.767. The van der Waals surface area contributed by atoms with E-state index in [0.717, 1.165) is 0 Å². The fourth-order valence-corrected chi connectivity index (χ4v) is 4.13. The van der Waals surface area contributed by atoms with Gasteiger partial charge in [0.1, 0.15) is 11.5 Å². The van der Waals surface area contributed by atoms with Gasteiger partial charge in [0.2, 0.25) is 0 Å². The van der Waals surface area contributed by atoms with Gasteiger partial charge in [0, 0.05) is 34.6 Å². The van der Waals surface area contributed by atoms with Crippen LogP contribution in [0.25, 0.3) is 0 Å². The van der Waals surface area contributed by atoms with Crippen molar-refractivity contribution < 1.29 is 24.2 Å². The third-order valence-electron chi connectivity index (χ3n) is 5.27. The topological polar surface area (TPSA) is 154 Å². The van der Waals surface area contributed by atoms with E-state index in [0.29, 0.717) is 22.9 Å².